The second-order valence-electron chi connectivity index (χ2n) is 7.45. The Morgan fingerprint density at radius 1 is 1.46 bits per heavy atom. The molecule has 26 heavy (non-hydrogen) atoms. The number of nitrogens with one attached hydrogen (secondary N) is 1. The van der Waals surface area contributed by atoms with Crippen molar-refractivity contribution in [3.63, 3.8) is 0 Å². The van der Waals surface area contributed by atoms with Crippen LogP contribution in [0.2, 0.25) is 0 Å². The summed E-state index contributed by atoms with van der Waals surface area (Å²) in [6.45, 7) is 2.30. The van der Waals surface area contributed by atoms with Gasteiger partial charge in [0, 0.05) is 10.3 Å². The molecule has 0 saturated heterocycles. The zero-order chi connectivity index (χ0) is 18.1. The van der Waals surface area contributed by atoms with E-state index in [9.17, 15) is 10.1 Å². The van der Waals surface area contributed by atoms with Crippen LogP contribution in [0, 0.1) is 17.2 Å². The minimum Gasteiger partial charge on any atom is -0.337 e. The molecule has 2 aromatic rings. The van der Waals surface area contributed by atoms with Gasteiger partial charge in [0.05, 0.1) is 11.8 Å². The zero-order valence-electron chi connectivity index (χ0n) is 14.9. The summed E-state index contributed by atoms with van der Waals surface area (Å²) in [4.78, 5) is 23.8. The van der Waals surface area contributed by atoms with Crippen LogP contribution in [0.4, 0.5) is 0 Å². The van der Waals surface area contributed by atoms with Crippen LogP contribution >= 0.6 is 23.1 Å². The molecular weight excluding hydrogens is 364 g/mol. The fourth-order valence-corrected chi connectivity index (χ4v) is 6.28. The Morgan fingerprint density at radius 3 is 3.04 bits per heavy atom. The van der Waals surface area contributed by atoms with Gasteiger partial charge in [0.2, 0.25) is 5.91 Å². The largest absolute Gasteiger partial charge is 0.337 e. The SMILES string of the molecule is C[C@H]1CCc2c(sc3ncnc(SCC(=O)NC4(C#N)CCCC4)c23)C1. The van der Waals surface area contributed by atoms with Crippen molar-refractivity contribution in [2.45, 2.75) is 62.4 Å². The molecule has 1 amide bonds. The van der Waals surface area contributed by atoms with Gasteiger partial charge in [0.1, 0.15) is 21.7 Å². The van der Waals surface area contributed by atoms with Gasteiger partial charge in [-0.15, -0.1) is 11.3 Å². The molecule has 2 aliphatic carbocycles. The summed E-state index contributed by atoms with van der Waals surface area (Å²) in [5, 5.41) is 14.4. The van der Waals surface area contributed by atoms with Crippen molar-refractivity contribution < 1.29 is 4.79 Å². The number of fused-ring (bicyclic) bond motifs is 3. The average molecular weight is 387 g/mol. The smallest absolute Gasteiger partial charge is 0.231 e. The molecule has 2 aromatic heterocycles. The number of carbonyl (C=O) groups excluding carboxylic acids is 1. The molecule has 5 nitrogen and oxygen atoms in total. The summed E-state index contributed by atoms with van der Waals surface area (Å²) in [5.41, 5.74) is 0.729. The molecule has 0 aromatic carbocycles. The van der Waals surface area contributed by atoms with E-state index < -0.39 is 5.54 Å². The van der Waals surface area contributed by atoms with Gasteiger partial charge in [-0.1, -0.05) is 18.7 Å². The number of thiophene rings is 1. The van der Waals surface area contributed by atoms with Crippen molar-refractivity contribution in [2.75, 3.05) is 5.75 Å². The first kappa shape index (κ1) is 17.7. The molecule has 0 spiro atoms. The second kappa shape index (κ2) is 7.16. The van der Waals surface area contributed by atoms with Gasteiger partial charge in [-0.2, -0.15) is 5.26 Å². The average Bonchev–Trinajstić information content (AvgIpc) is 3.24. The van der Waals surface area contributed by atoms with Crippen LogP contribution in [0.1, 0.15) is 49.5 Å². The normalized spacial score (nSPS) is 21.3. The zero-order valence-corrected chi connectivity index (χ0v) is 16.5. The van der Waals surface area contributed by atoms with E-state index in [1.165, 1.54) is 28.6 Å². The molecule has 0 bridgehead atoms. The third-order valence-corrected chi connectivity index (χ3v) is 7.60. The van der Waals surface area contributed by atoms with Crippen LogP contribution in [-0.2, 0) is 17.6 Å². The first-order valence-electron chi connectivity index (χ1n) is 9.20. The van der Waals surface area contributed by atoms with E-state index in [4.69, 9.17) is 0 Å². The van der Waals surface area contributed by atoms with Crippen LogP contribution in [0.25, 0.3) is 10.2 Å². The number of rotatable bonds is 4. The minimum atomic E-state index is -0.656. The summed E-state index contributed by atoms with van der Waals surface area (Å²) in [6.07, 6.45) is 8.51. The van der Waals surface area contributed by atoms with Crippen LogP contribution < -0.4 is 5.32 Å². The van der Waals surface area contributed by atoms with Crippen molar-refractivity contribution in [1.82, 2.24) is 15.3 Å². The Morgan fingerprint density at radius 2 is 2.27 bits per heavy atom. The van der Waals surface area contributed by atoms with Crippen molar-refractivity contribution >= 4 is 39.2 Å². The van der Waals surface area contributed by atoms with Crippen LogP contribution in [0.5, 0.6) is 0 Å². The van der Waals surface area contributed by atoms with Crippen molar-refractivity contribution in [2.24, 2.45) is 5.92 Å². The molecule has 1 N–H and O–H groups in total. The van der Waals surface area contributed by atoms with Crippen molar-refractivity contribution in [3.8, 4) is 6.07 Å². The Balaban J connectivity index is 1.51. The molecule has 0 unspecified atom stereocenters. The quantitative estimate of drug-likeness (QED) is 0.638. The standard InChI is InChI=1S/C19H22N4OS2/c1-12-4-5-13-14(8-12)26-18-16(13)17(21-11-22-18)25-9-15(24)23-19(10-20)6-2-3-7-19/h11-12H,2-9H2,1H3,(H,23,24)/t12-/m0/s1. The lowest BCUT2D eigenvalue weighted by molar-refractivity contribution is -0.119. The minimum absolute atomic E-state index is 0.0806. The lowest BCUT2D eigenvalue weighted by atomic mass is 9.89. The maximum Gasteiger partial charge on any atom is 0.231 e. The fraction of sp³-hybridized carbons (Fsp3) is 0.579. The van der Waals surface area contributed by atoms with E-state index >= 15 is 0 Å². The summed E-state index contributed by atoms with van der Waals surface area (Å²) < 4.78 is 0. The molecule has 0 radical (unpaired) electrons. The first-order chi connectivity index (χ1) is 12.6. The highest BCUT2D eigenvalue weighted by atomic mass is 32.2. The van der Waals surface area contributed by atoms with E-state index in [0.717, 1.165) is 59.7 Å². The number of nitriles is 1. The number of carbonyl (C=O) groups is 1. The van der Waals surface area contributed by atoms with E-state index in [2.05, 4.69) is 28.3 Å². The molecule has 2 heterocycles. The number of aromatic nitrogens is 2. The topological polar surface area (TPSA) is 78.7 Å². The third kappa shape index (κ3) is 3.33. The highest BCUT2D eigenvalue weighted by Gasteiger charge is 2.35. The van der Waals surface area contributed by atoms with Crippen LogP contribution in [0.3, 0.4) is 0 Å². The van der Waals surface area contributed by atoms with Gasteiger partial charge in [0.15, 0.2) is 0 Å². The number of hydrogen-bond donors (Lipinski definition) is 1. The molecule has 1 fully saturated rings. The highest BCUT2D eigenvalue weighted by Crippen LogP contribution is 2.40. The molecule has 1 saturated carbocycles. The maximum absolute atomic E-state index is 12.4. The van der Waals surface area contributed by atoms with E-state index in [1.807, 2.05) is 0 Å². The maximum atomic E-state index is 12.4. The van der Waals surface area contributed by atoms with Gasteiger partial charge < -0.3 is 5.32 Å². The predicted molar refractivity (Wildman–Crippen MR) is 104 cm³/mol. The number of amides is 1. The Hall–Kier alpha value is -1.65. The Kier molecular flexibility index (Phi) is 4.89. The number of aryl methyl sites for hydroxylation is 1. The summed E-state index contributed by atoms with van der Waals surface area (Å²) >= 11 is 3.24. The lowest BCUT2D eigenvalue weighted by Crippen LogP contribution is -2.45. The van der Waals surface area contributed by atoms with E-state index in [1.54, 1.807) is 17.7 Å². The van der Waals surface area contributed by atoms with Crippen LogP contribution in [-0.4, -0.2) is 27.2 Å². The van der Waals surface area contributed by atoms with Crippen molar-refractivity contribution in [3.05, 3.63) is 16.8 Å². The van der Waals surface area contributed by atoms with Gasteiger partial charge in [-0.3, -0.25) is 4.79 Å². The first-order valence-corrected chi connectivity index (χ1v) is 11.0. The molecule has 0 aliphatic heterocycles. The molecule has 2 aliphatic rings. The molecule has 7 heteroatoms. The van der Waals surface area contributed by atoms with Gasteiger partial charge >= 0.3 is 0 Å². The van der Waals surface area contributed by atoms with Crippen LogP contribution in [0.15, 0.2) is 11.4 Å². The fourth-order valence-electron chi connectivity index (χ4n) is 4.04. The van der Waals surface area contributed by atoms with Crippen molar-refractivity contribution in [1.29, 1.82) is 5.26 Å². The Bertz CT molecular complexity index is 880. The summed E-state index contributed by atoms with van der Waals surface area (Å²) in [6, 6.07) is 2.31. The highest BCUT2D eigenvalue weighted by molar-refractivity contribution is 8.00. The second-order valence-corrected chi connectivity index (χ2v) is 9.50. The number of hydrogen-bond acceptors (Lipinski definition) is 6. The van der Waals surface area contributed by atoms with Gasteiger partial charge in [-0.25, -0.2) is 9.97 Å². The monoisotopic (exact) mass is 386 g/mol. The number of nitrogens with zero attached hydrogens (tertiary/aromatic N) is 3. The summed E-state index contributed by atoms with van der Waals surface area (Å²) in [5.74, 6) is 0.929. The van der Waals surface area contributed by atoms with E-state index in [0.29, 0.717) is 0 Å². The van der Waals surface area contributed by atoms with E-state index in [-0.39, 0.29) is 11.7 Å². The molecule has 136 valence electrons. The summed E-state index contributed by atoms with van der Waals surface area (Å²) in [7, 11) is 0. The lowest BCUT2D eigenvalue weighted by Gasteiger charge is -2.21. The Labute approximate surface area is 161 Å². The number of thioether (sulfide) groups is 1. The van der Waals surface area contributed by atoms with Gasteiger partial charge in [-0.05, 0) is 56.4 Å². The van der Waals surface area contributed by atoms with Gasteiger partial charge in [0.25, 0.3) is 0 Å². The third-order valence-electron chi connectivity index (χ3n) is 5.45. The molecule has 4 rings (SSSR count). The molecular formula is C19H22N4OS2. The molecule has 1 atom stereocenters. The predicted octanol–water partition coefficient (Wildman–Crippen LogP) is 3.86.